The van der Waals surface area contributed by atoms with Crippen LogP contribution < -0.4 is 4.62 Å². The van der Waals surface area contributed by atoms with Crippen LogP contribution in [0.4, 0.5) is 0 Å². The van der Waals surface area contributed by atoms with E-state index in [4.69, 9.17) is 0 Å². The summed E-state index contributed by atoms with van der Waals surface area (Å²) in [7, 11) is 0.130. The van der Waals surface area contributed by atoms with Crippen molar-refractivity contribution < 1.29 is 4.57 Å². The predicted molar refractivity (Wildman–Crippen MR) is 64.4 cm³/mol. The first kappa shape index (κ1) is 8.54. The van der Waals surface area contributed by atoms with Crippen LogP contribution in [0, 0.1) is 0 Å². The molecule has 0 fully saturated rings. The van der Waals surface area contributed by atoms with Crippen LogP contribution in [0.5, 0.6) is 0 Å². The van der Waals surface area contributed by atoms with Crippen LogP contribution in [0.3, 0.4) is 0 Å². The Morgan fingerprint density at radius 3 is 2.79 bits per heavy atom. The number of rotatable bonds is 1. The lowest BCUT2D eigenvalue weighted by atomic mass is 10.2. The van der Waals surface area contributed by atoms with Crippen molar-refractivity contribution in [3.8, 4) is 0 Å². The van der Waals surface area contributed by atoms with Gasteiger partial charge >= 0.3 is 0 Å². The average Bonchev–Trinajstić information content (AvgIpc) is 2.73. The van der Waals surface area contributed by atoms with Crippen LogP contribution in [-0.2, 0) is 4.57 Å². The molecule has 3 aromatic rings. The Balaban J connectivity index is 2.50. The van der Waals surface area contributed by atoms with E-state index in [1.165, 1.54) is 19.5 Å². The lowest BCUT2D eigenvalue weighted by molar-refractivity contribution is 0.603. The van der Waals surface area contributed by atoms with Crippen molar-refractivity contribution in [2.45, 2.75) is 0 Å². The molecule has 14 heavy (non-hydrogen) atoms. The van der Waals surface area contributed by atoms with Crippen molar-refractivity contribution >= 4 is 55.2 Å². The minimum Gasteiger partial charge on any atom is -0.268 e. The summed E-state index contributed by atoms with van der Waals surface area (Å²) in [6, 6.07) is 10.4. The summed E-state index contributed by atoms with van der Waals surface area (Å²) in [4.78, 5) is 0. The second kappa shape index (κ2) is 3.13. The number of benzene rings is 1. The molecule has 0 unspecified atom stereocenters. The molecule has 0 aliphatic heterocycles. The maximum Gasteiger partial charge on any atom is 0.203 e. The molecule has 1 aromatic carbocycles. The summed E-state index contributed by atoms with van der Waals surface area (Å²) in [6.45, 7) is 0. The number of hydrogen-bond acceptors (Lipinski definition) is 3. The molecule has 0 bridgehead atoms. The molecule has 1 nitrogen and oxygen atoms in total. The van der Waals surface area contributed by atoms with E-state index in [0.717, 1.165) is 4.62 Å². The molecule has 68 valence electrons. The monoisotopic (exact) mass is 236 g/mol. The van der Waals surface area contributed by atoms with Crippen LogP contribution in [0.2, 0.25) is 0 Å². The quantitative estimate of drug-likeness (QED) is 0.583. The lowest BCUT2D eigenvalue weighted by Crippen LogP contribution is -1.73. The average molecular weight is 236 g/mol. The number of fused-ring (bicyclic) bond motifs is 3. The SMILES string of the molecule is O=Pc1cc2sc3ccccc3c2s1. The van der Waals surface area contributed by atoms with Gasteiger partial charge in [-0.25, -0.2) is 0 Å². The molecule has 0 N–H and O–H groups in total. The third-order valence-corrected chi connectivity index (χ3v) is 5.15. The molecule has 2 aromatic heterocycles. The van der Waals surface area contributed by atoms with E-state index in [1.54, 1.807) is 22.7 Å². The van der Waals surface area contributed by atoms with Gasteiger partial charge in [0.2, 0.25) is 8.46 Å². The molecular weight excluding hydrogens is 231 g/mol. The zero-order valence-electron chi connectivity index (χ0n) is 7.06. The molecule has 0 spiro atoms. The van der Waals surface area contributed by atoms with Gasteiger partial charge in [-0.3, -0.25) is 4.57 Å². The Labute approximate surface area is 90.2 Å². The van der Waals surface area contributed by atoms with E-state index in [0.29, 0.717) is 0 Å². The fourth-order valence-corrected chi connectivity index (χ4v) is 4.49. The zero-order chi connectivity index (χ0) is 9.54. The van der Waals surface area contributed by atoms with E-state index in [1.807, 2.05) is 12.1 Å². The van der Waals surface area contributed by atoms with Crippen molar-refractivity contribution in [3.63, 3.8) is 0 Å². The molecule has 0 aliphatic carbocycles. The van der Waals surface area contributed by atoms with Crippen molar-refractivity contribution in [2.75, 3.05) is 0 Å². The fraction of sp³-hybridized carbons (Fsp3) is 0. The van der Waals surface area contributed by atoms with Crippen LogP contribution >= 0.6 is 31.1 Å². The Hall–Kier alpha value is -0.760. The third-order valence-electron chi connectivity index (χ3n) is 2.13. The number of thiophene rings is 2. The fourth-order valence-electron chi connectivity index (χ4n) is 1.53. The minimum absolute atomic E-state index is 0.130. The maximum atomic E-state index is 10.7. The molecule has 0 amide bonds. The third kappa shape index (κ3) is 1.13. The van der Waals surface area contributed by atoms with Crippen LogP contribution in [0.25, 0.3) is 19.5 Å². The van der Waals surface area contributed by atoms with Crippen molar-refractivity contribution in [1.82, 2.24) is 0 Å². The molecule has 0 atom stereocenters. The van der Waals surface area contributed by atoms with E-state index in [-0.39, 0.29) is 8.46 Å². The second-order valence-electron chi connectivity index (χ2n) is 2.97. The summed E-state index contributed by atoms with van der Waals surface area (Å²) >= 11 is 3.38. The standard InChI is InChI=1S/C10H5OPS2/c11-12-9-5-8-10(14-9)6-3-1-2-4-7(6)13-8/h1-5H. The van der Waals surface area contributed by atoms with E-state index in [9.17, 15) is 4.57 Å². The van der Waals surface area contributed by atoms with Crippen molar-refractivity contribution in [3.05, 3.63) is 30.3 Å². The van der Waals surface area contributed by atoms with Crippen molar-refractivity contribution in [2.24, 2.45) is 0 Å². The largest absolute Gasteiger partial charge is 0.268 e. The van der Waals surface area contributed by atoms with E-state index < -0.39 is 0 Å². The molecule has 0 saturated heterocycles. The second-order valence-corrected chi connectivity index (χ2v) is 6.07. The van der Waals surface area contributed by atoms with Gasteiger partial charge < -0.3 is 0 Å². The van der Waals surface area contributed by atoms with Crippen LogP contribution in [0.1, 0.15) is 0 Å². The summed E-state index contributed by atoms with van der Waals surface area (Å²) in [5.41, 5.74) is 0. The predicted octanol–water partition coefficient (Wildman–Crippen LogP) is 4.03. The molecule has 0 saturated carbocycles. The van der Waals surface area contributed by atoms with Crippen molar-refractivity contribution in [1.29, 1.82) is 0 Å². The van der Waals surface area contributed by atoms with Gasteiger partial charge in [0.1, 0.15) is 0 Å². The smallest absolute Gasteiger partial charge is 0.203 e. The normalized spacial score (nSPS) is 11.7. The van der Waals surface area contributed by atoms with Gasteiger partial charge in [-0.2, -0.15) is 0 Å². The zero-order valence-corrected chi connectivity index (χ0v) is 9.59. The summed E-state index contributed by atoms with van der Waals surface area (Å²) < 4.78 is 15.5. The van der Waals surface area contributed by atoms with E-state index in [2.05, 4.69) is 18.2 Å². The highest BCUT2D eigenvalue weighted by Gasteiger charge is 2.08. The van der Waals surface area contributed by atoms with Crippen LogP contribution in [0.15, 0.2) is 30.3 Å². The summed E-state index contributed by atoms with van der Waals surface area (Å²) in [5.74, 6) is 0. The minimum atomic E-state index is 0.130. The molecule has 4 heteroatoms. The maximum absolute atomic E-state index is 10.7. The first-order chi connectivity index (χ1) is 6.88. The first-order valence-corrected chi connectivity index (χ1v) is 6.57. The highest BCUT2D eigenvalue weighted by Crippen LogP contribution is 2.37. The highest BCUT2D eigenvalue weighted by atomic mass is 32.1. The highest BCUT2D eigenvalue weighted by molar-refractivity contribution is 7.51. The van der Waals surface area contributed by atoms with Gasteiger partial charge in [0, 0.05) is 14.8 Å². The molecule has 0 aliphatic rings. The Morgan fingerprint density at radius 2 is 1.93 bits per heavy atom. The van der Waals surface area contributed by atoms with Gasteiger partial charge in [0.05, 0.1) is 9.32 Å². The Kier molecular flexibility index (Phi) is 1.91. The van der Waals surface area contributed by atoms with Gasteiger partial charge in [0.15, 0.2) is 0 Å². The molecule has 2 heterocycles. The summed E-state index contributed by atoms with van der Waals surface area (Å²) in [5, 5.41) is 1.28. The Morgan fingerprint density at radius 1 is 1.07 bits per heavy atom. The number of hydrogen-bond donors (Lipinski definition) is 0. The van der Waals surface area contributed by atoms with Gasteiger partial charge in [0.25, 0.3) is 0 Å². The van der Waals surface area contributed by atoms with Gasteiger partial charge in [-0.05, 0) is 12.1 Å². The van der Waals surface area contributed by atoms with Crippen LogP contribution in [-0.4, -0.2) is 0 Å². The van der Waals surface area contributed by atoms with Gasteiger partial charge in [-0.15, -0.1) is 22.7 Å². The van der Waals surface area contributed by atoms with Gasteiger partial charge in [-0.1, -0.05) is 18.2 Å². The Bertz CT molecular complexity index is 623. The first-order valence-electron chi connectivity index (χ1n) is 4.13. The molecule has 0 radical (unpaired) electrons. The van der Waals surface area contributed by atoms with E-state index >= 15 is 0 Å². The lowest BCUT2D eigenvalue weighted by Gasteiger charge is -1.85. The summed E-state index contributed by atoms with van der Waals surface area (Å²) in [6.07, 6.45) is 0. The molecular formula is C10H5OPS2. The topological polar surface area (TPSA) is 17.1 Å². The molecule has 3 rings (SSSR count).